The molecule has 0 aromatic heterocycles. The molecule has 0 aromatic carbocycles. The molecule has 1 saturated heterocycles. The summed E-state index contributed by atoms with van der Waals surface area (Å²) in [6.45, 7) is 0. The topological polar surface area (TPSA) is 18.5 Å². The van der Waals surface area contributed by atoms with Crippen LogP contribution >= 0.6 is 23.2 Å². The predicted molar refractivity (Wildman–Crippen MR) is 40.8 cm³/mol. The molecule has 1 rings (SSSR count). The minimum Gasteiger partial charge on any atom is -0.356 e. The van der Waals surface area contributed by atoms with Crippen LogP contribution in [0.3, 0.4) is 0 Å². The van der Waals surface area contributed by atoms with Crippen LogP contribution in [0.15, 0.2) is 0 Å². The second-order valence-electron chi connectivity index (χ2n) is 2.81. The number of halogens is 6. The molecule has 0 radical (unpaired) electrons. The molecule has 1 fully saturated rings. The van der Waals surface area contributed by atoms with Crippen LogP contribution < -0.4 is 0 Å². The summed E-state index contributed by atoms with van der Waals surface area (Å²) in [5.74, 6) is 0. The Balaban J connectivity index is 2.87. The van der Waals surface area contributed by atoms with Gasteiger partial charge in [0.05, 0.1) is 0 Å². The van der Waals surface area contributed by atoms with Gasteiger partial charge in [-0.1, -0.05) is 0 Å². The lowest BCUT2D eigenvalue weighted by atomic mass is 9.93. The van der Waals surface area contributed by atoms with Crippen molar-refractivity contribution < 1.29 is 27.0 Å². The molecular formula is C6H6Cl2F4O2. The molecule has 0 aromatic rings. The van der Waals surface area contributed by atoms with Gasteiger partial charge in [-0.15, -0.1) is 0 Å². The smallest absolute Gasteiger partial charge is 0.356 e. The van der Waals surface area contributed by atoms with Gasteiger partial charge in [0, 0.05) is 13.5 Å². The third kappa shape index (κ3) is 1.68. The van der Waals surface area contributed by atoms with Crippen LogP contribution in [0.2, 0.25) is 0 Å². The SMILES string of the molecule is COC1CC(C(F)(F)Cl)(C(F)(F)Cl)O1. The van der Waals surface area contributed by atoms with Crippen LogP contribution in [0.25, 0.3) is 0 Å². The van der Waals surface area contributed by atoms with Crippen molar-refractivity contribution in [2.24, 2.45) is 0 Å². The second-order valence-corrected chi connectivity index (χ2v) is 3.76. The highest BCUT2D eigenvalue weighted by atomic mass is 35.5. The number of rotatable bonds is 3. The van der Waals surface area contributed by atoms with Crippen molar-refractivity contribution in [2.45, 2.75) is 29.1 Å². The number of hydrogen-bond donors (Lipinski definition) is 0. The first-order valence-corrected chi connectivity index (χ1v) is 4.24. The van der Waals surface area contributed by atoms with E-state index < -0.39 is 29.1 Å². The van der Waals surface area contributed by atoms with Gasteiger partial charge >= 0.3 is 10.8 Å². The summed E-state index contributed by atoms with van der Waals surface area (Å²) in [5.41, 5.74) is -3.19. The molecule has 1 unspecified atom stereocenters. The van der Waals surface area contributed by atoms with Crippen LogP contribution in [0.1, 0.15) is 6.42 Å². The van der Waals surface area contributed by atoms with Crippen molar-refractivity contribution in [3.63, 3.8) is 0 Å². The minimum absolute atomic E-state index is 0.767. The maximum absolute atomic E-state index is 12.6. The third-order valence-electron chi connectivity index (χ3n) is 1.97. The summed E-state index contributed by atoms with van der Waals surface area (Å²) in [4.78, 5) is 0. The van der Waals surface area contributed by atoms with Gasteiger partial charge < -0.3 is 9.47 Å². The molecule has 0 bridgehead atoms. The lowest BCUT2D eigenvalue weighted by Crippen LogP contribution is -2.68. The summed E-state index contributed by atoms with van der Waals surface area (Å²) < 4.78 is 59.2. The average molecular weight is 257 g/mol. The number of methoxy groups -OCH3 is 1. The normalized spacial score (nSPS) is 27.2. The first kappa shape index (κ1) is 12.3. The fourth-order valence-electron chi connectivity index (χ4n) is 1.11. The summed E-state index contributed by atoms with van der Waals surface area (Å²) in [6, 6.07) is 0. The first-order chi connectivity index (χ1) is 6.14. The Kier molecular flexibility index (Phi) is 2.95. The zero-order valence-electron chi connectivity index (χ0n) is 6.87. The fraction of sp³-hybridized carbons (Fsp3) is 1.00. The zero-order valence-corrected chi connectivity index (χ0v) is 8.38. The molecule has 84 valence electrons. The molecule has 2 nitrogen and oxygen atoms in total. The molecule has 0 saturated carbocycles. The van der Waals surface area contributed by atoms with E-state index in [1.807, 2.05) is 0 Å². The van der Waals surface area contributed by atoms with Gasteiger partial charge in [-0.2, -0.15) is 17.6 Å². The van der Waals surface area contributed by atoms with E-state index in [0.29, 0.717) is 0 Å². The van der Waals surface area contributed by atoms with E-state index >= 15 is 0 Å². The first-order valence-electron chi connectivity index (χ1n) is 3.48. The Morgan fingerprint density at radius 2 is 1.64 bits per heavy atom. The van der Waals surface area contributed by atoms with E-state index in [1.54, 1.807) is 0 Å². The van der Waals surface area contributed by atoms with Crippen LogP contribution in [0.4, 0.5) is 17.6 Å². The summed E-state index contributed by atoms with van der Waals surface area (Å²) >= 11 is 9.04. The fourth-order valence-corrected chi connectivity index (χ4v) is 1.64. The summed E-state index contributed by atoms with van der Waals surface area (Å²) in [7, 11) is 1.13. The molecule has 8 heteroatoms. The Bertz CT molecular complexity index is 203. The molecule has 0 aliphatic carbocycles. The highest BCUT2D eigenvalue weighted by molar-refractivity contribution is 6.26. The van der Waals surface area contributed by atoms with Gasteiger partial charge in [0.25, 0.3) is 0 Å². The van der Waals surface area contributed by atoms with Crippen molar-refractivity contribution in [3.8, 4) is 0 Å². The second kappa shape index (κ2) is 3.37. The lowest BCUT2D eigenvalue weighted by molar-refractivity contribution is -0.386. The van der Waals surface area contributed by atoms with E-state index in [2.05, 4.69) is 32.7 Å². The molecule has 1 atom stereocenters. The van der Waals surface area contributed by atoms with Crippen molar-refractivity contribution in [1.82, 2.24) is 0 Å². The monoisotopic (exact) mass is 256 g/mol. The quantitative estimate of drug-likeness (QED) is 0.571. The van der Waals surface area contributed by atoms with Crippen molar-refractivity contribution >= 4 is 23.2 Å². The van der Waals surface area contributed by atoms with Crippen LogP contribution in [0.5, 0.6) is 0 Å². The largest absolute Gasteiger partial charge is 0.357 e. The Morgan fingerprint density at radius 1 is 1.29 bits per heavy atom. The molecule has 0 N–H and O–H groups in total. The van der Waals surface area contributed by atoms with E-state index in [1.165, 1.54) is 0 Å². The maximum Gasteiger partial charge on any atom is 0.357 e. The van der Waals surface area contributed by atoms with E-state index in [0.717, 1.165) is 7.11 Å². The standard InChI is InChI=1S/C6H6Cl2F4O2/c1-13-3-2-4(14-3,5(7,9)10)6(8,11)12/h3H,2H2,1H3. The van der Waals surface area contributed by atoms with Crippen molar-refractivity contribution in [1.29, 1.82) is 0 Å². The third-order valence-corrected chi connectivity index (χ3v) is 2.58. The van der Waals surface area contributed by atoms with Crippen LogP contribution in [0, 0.1) is 0 Å². The molecule has 1 heterocycles. The molecule has 1 aliphatic heterocycles. The van der Waals surface area contributed by atoms with Crippen LogP contribution in [-0.2, 0) is 9.47 Å². The average Bonchev–Trinajstić information content (AvgIpc) is 1.77. The highest BCUT2D eigenvalue weighted by Gasteiger charge is 2.75. The number of alkyl halides is 6. The van der Waals surface area contributed by atoms with Crippen molar-refractivity contribution in [3.05, 3.63) is 0 Å². The Hall–Kier alpha value is 0.220. The van der Waals surface area contributed by atoms with Gasteiger partial charge in [-0.05, 0) is 23.2 Å². The van der Waals surface area contributed by atoms with Crippen LogP contribution in [-0.4, -0.2) is 29.8 Å². The number of ether oxygens (including phenoxy) is 2. The van der Waals surface area contributed by atoms with E-state index in [9.17, 15) is 17.6 Å². The molecule has 14 heavy (non-hydrogen) atoms. The van der Waals surface area contributed by atoms with Gasteiger partial charge in [-0.3, -0.25) is 0 Å². The summed E-state index contributed by atoms with van der Waals surface area (Å²) in [5, 5.41) is -8.51. The lowest BCUT2D eigenvalue weighted by Gasteiger charge is -2.49. The zero-order chi connectivity index (χ0) is 11.2. The van der Waals surface area contributed by atoms with E-state index in [4.69, 9.17) is 0 Å². The Labute approximate surface area is 87.1 Å². The summed E-state index contributed by atoms with van der Waals surface area (Å²) in [6.07, 6.45) is -1.90. The molecular weight excluding hydrogens is 251 g/mol. The molecule has 0 spiro atoms. The van der Waals surface area contributed by atoms with Crippen molar-refractivity contribution in [2.75, 3.05) is 7.11 Å². The maximum atomic E-state index is 12.6. The highest BCUT2D eigenvalue weighted by Crippen LogP contribution is 2.56. The minimum atomic E-state index is -4.26. The predicted octanol–water partition coefficient (Wildman–Crippen LogP) is 2.78. The van der Waals surface area contributed by atoms with Gasteiger partial charge in [-0.25, -0.2) is 0 Å². The van der Waals surface area contributed by atoms with Gasteiger partial charge in [0.2, 0.25) is 5.60 Å². The van der Waals surface area contributed by atoms with Gasteiger partial charge in [0.15, 0.2) is 6.29 Å². The van der Waals surface area contributed by atoms with Gasteiger partial charge in [0.1, 0.15) is 0 Å². The van der Waals surface area contributed by atoms with E-state index in [-0.39, 0.29) is 0 Å². The molecule has 1 aliphatic rings. The number of hydrogen-bond acceptors (Lipinski definition) is 2. The Morgan fingerprint density at radius 3 is 1.86 bits per heavy atom. The molecule has 0 amide bonds.